The Hall–Kier alpha value is -2.28. The van der Waals surface area contributed by atoms with Gasteiger partial charge in [-0.2, -0.15) is 0 Å². The third-order valence-electron chi connectivity index (χ3n) is 6.21. The number of methoxy groups -OCH3 is 2. The van der Waals surface area contributed by atoms with E-state index in [1.807, 2.05) is 0 Å². The summed E-state index contributed by atoms with van der Waals surface area (Å²) < 4.78 is 16.6. The highest BCUT2D eigenvalue weighted by molar-refractivity contribution is 5.98. The number of carbonyl (C=O) groups is 2. The van der Waals surface area contributed by atoms with Crippen molar-refractivity contribution in [2.45, 2.75) is 31.4 Å². The summed E-state index contributed by atoms with van der Waals surface area (Å²) in [6, 6.07) is 5.25. The van der Waals surface area contributed by atoms with Crippen LogP contribution in [0.1, 0.15) is 36.0 Å². The molecular weight excluding hydrogens is 348 g/mol. The van der Waals surface area contributed by atoms with E-state index >= 15 is 0 Å². The Labute approximate surface area is 158 Å². The van der Waals surface area contributed by atoms with Crippen LogP contribution in [0.2, 0.25) is 0 Å². The average molecular weight is 374 g/mol. The van der Waals surface area contributed by atoms with Crippen molar-refractivity contribution in [1.29, 1.82) is 0 Å². The summed E-state index contributed by atoms with van der Waals surface area (Å²) >= 11 is 0. The first-order valence-corrected chi connectivity index (χ1v) is 9.52. The van der Waals surface area contributed by atoms with Gasteiger partial charge in [-0.1, -0.05) is 0 Å². The lowest BCUT2D eigenvalue weighted by Gasteiger charge is -2.55. The molecule has 1 heterocycles. The molecule has 27 heavy (non-hydrogen) atoms. The third-order valence-corrected chi connectivity index (χ3v) is 6.21. The fraction of sp³-hybridized carbons (Fsp3) is 0.600. The Balaban J connectivity index is 1.53. The zero-order valence-corrected chi connectivity index (χ0v) is 15.7. The summed E-state index contributed by atoms with van der Waals surface area (Å²) in [7, 11) is 3.21. The van der Waals surface area contributed by atoms with Crippen LogP contribution in [0.4, 0.5) is 0 Å². The molecule has 2 amide bonds. The van der Waals surface area contributed by atoms with Gasteiger partial charge in [0.2, 0.25) is 5.91 Å². The molecule has 1 aromatic rings. The molecule has 0 aromatic heterocycles. The van der Waals surface area contributed by atoms with Gasteiger partial charge in [-0.25, -0.2) is 0 Å². The molecule has 7 heteroatoms. The van der Waals surface area contributed by atoms with Gasteiger partial charge in [0.25, 0.3) is 5.91 Å². The number of fused-ring (bicyclic) bond motifs is 3. The summed E-state index contributed by atoms with van der Waals surface area (Å²) in [5.41, 5.74) is -0.195. The number of nitrogens with one attached hydrogen (secondary N) is 2. The summed E-state index contributed by atoms with van der Waals surface area (Å²) in [5, 5.41) is 6.08. The molecule has 1 aromatic carbocycles. The molecule has 3 saturated carbocycles. The Kier molecular flexibility index (Phi) is 4.72. The van der Waals surface area contributed by atoms with Crippen molar-refractivity contribution in [3.05, 3.63) is 23.8 Å². The minimum atomic E-state index is -0.720. The van der Waals surface area contributed by atoms with Crippen LogP contribution >= 0.6 is 0 Å². The molecule has 0 unspecified atom stereocenters. The number of benzene rings is 1. The molecule has 7 nitrogen and oxygen atoms in total. The summed E-state index contributed by atoms with van der Waals surface area (Å²) in [6.07, 6.45) is 3.32. The van der Waals surface area contributed by atoms with Gasteiger partial charge in [0.05, 0.1) is 19.3 Å². The number of ether oxygens (including phenoxy) is 3. The molecule has 4 aliphatic rings. The standard InChI is InChI=1S/C20H26N2O5/c1-25-8-7-21-18(23)16-9-13-4-3-12(16)11-20(13)22-19(24)15-6-5-14(26-2)10-17(15)27-20/h5-6,10,12-13,16H,3-4,7-9,11H2,1-2H3,(H,21,23)(H,22,24)/t12-,13-,16+,20+/m1/s1. The van der Waals surface area contributed by atoms with E-state index in [0.717, 1.165) is 19.3 Å². The highest BCUT2D eigenvalue weighted by atomic mass is 16.5. The molecular formula is C20H26N2O5. The molecule has 3 fully saturated rings. The lowest BCUT2D eigenvalue weighted by molar-refractivity contribution is -0.146. The summed E-state index contributed by atoms with van der Waals surface area (Å²) in [5.74, 6) is 1.47. The minimum absolute atomic E-state index is 0.0292. The van der Waals surface area contributed by atoms with Crippen LogP contribution in [0.5, 0.6) is 11.5 Å². The Morgan fingerprint density at radius 1 is 1.37 bits per heavy atom. The molecule has 0 radical (unpaired) electrons. The highest BCUT2D eigenvalue weighted by Gasteiger charge is 2.57. The van der Waals surface area contributed by atoms with Crippen molar-refractivity contribution >= 4 is 11.8 Å². The van der Waals surface area contributed by atoms with Gasteiger partial charge < -0.3 is 24.8 Å². The van der Waals surface area contributed by atoms with Crippen molar-refractivity contribution in [2.75, 3.05) is 27.4 Å². The second kappa shape index (κ2) is 7.03. The normalized spacial score (nSPS) is 31.0. The van der Waals surface area contributed by atoms with Gasteiger partial charge in [-0.3, -0.25) is 9.59 Å². The summed E-state index contributed by atoms with van der Waals surface area (Å²) in [6.45, 7) is 1.03. The molecule has 146 valence electrons. The molecule has 1 spiro atoms. The molecule has 2 N–H and O–H groups in total. The van der Waals surface area contributed by atoms with Crippen LogP contribution in [0.15, 0.2) is 18.2 Å². The number of rotatable bonds is 5. The predicted molar refractivity (Wildman–Crippen MR) is 97.6 cm³/mol. The Bertz CT molecular complexity index is 752. The smallest absolute Gasteiger partial charge is 0.258 e. The topological polar surface area (TPSA) is 85.9 Å². The molecule has 3 aliphatic carbocycles. The van der Waals surface area contributed by atoms with E-state index < -0.39 is 5.72 Å². The van der Waals surface area contributed by atoms with Crippen LogP contribution in [0, 0.1) is 17.8 Å². The quantitative estimate of drug-likeness (QED) is 0.767. The minimum Gasteiger partial charge on any atom is -0.497 e. The lowest BCUT2D eigenvalue weighted by Crippen LogP contribution is -2.67. The van der Waals surface area contributed by atoms with E-state index in [4.69, 9.17) is 14.2 Å². The van der Waals surface area contributed by atoms with Crippen LogP contribution in [-0.2, 0) is 9.53 Å². The fourth-order valence-corrected chi connectivity index (χ4v) is 4.85. The van der Waals surface area contributed by atoms with E-state index in [0.29, 0.717) is 36.6 Å². The van der Waals surface area contributed by atoms with Crippen LogP contribution in [0.25, 0.3) is 0 Å². The Morgan fingerprint density at radius 2 is 2.22 bits per heavy atom. The van der Waals surface area contributed by atoms with Crippen LogP contribution in [0.3, 0.4) is 0 Å². The highest BCUT2D eigenvalue weighted by Crippen LogP contribution is 2.52. The first-order chi connectivity index (χ1) is 13.1. The van der Waals surface area contributed by atoms with Crippen LogP contribution < -0.4 is 20.1 Å². The number of amides is 2. The zero-order chi connectivity index (χ0) is 19.0. The maximum atomic E-state index is 12.7. The predicted octanol–water partition coefficient (Wildman–Crippen LogP) is 1.71. The van der Waals surface area contributed by atoms with Crippen molar-refractivity contribution in [1.82, 2.24) is 10.6 Å². The van der Waals surface area contributed by atoms with Gasteiger partial charge in [-0.05, 0) is 37.3 Å². The first-order valence-electron chi connectivity index (χ1n) is 9.52. The maximum Gasteiger partial charge on any atom is 0.258 e. The van der Waals surface area contributed by atoms with E-state index in [9.17, 15) is 9.59 Å². The monoisotopic (exact) mass is 374 g/mol. The SMILES string of the molecule is COCCNC(=O)[C@H]1C[C@H]2CC[C@@H]1C[C@@]21NC(=O)c2ccc(OC)cc2O1. The molecule has 0 saturated heterocycles. The van der Waals surface area contributed by atoms with Crippen LogP contribution in [-0.4, -0.2) is 44.9 Å². The second-order valence-corrected chi connectivity index (χ2v) is 7.67. The van der Waals surface area contributed by atoms with Crippen molar-refractivity contribution in [3.63, 3.8) is 0 Å². The van der Waals surface area contributed by atoms with Gasteiger partial charge in [0.15, 0.2) is 5.72 Å². The second-order valence-electron chi connectivity index (χ2n) is 7.67. The Morgan fingerprint density at radius 3 is 2.93 bits per heavy atom. The van der Waals surface area contributed by atoms with E-state index in [2.05, 4.69) is 10.6 Å². The maximum absolute atomic E-state index is 12.7. The van der Waals surface area contributed by atoms with Gasteiger partial charge in [0.1, 0.15) is 11.5 Å². The number of hydrogen-bond acceptors (Lipinski definition) is 5. The van der Waals surface area contributed by atoms with Crippen molar-refractivity contribution < 1.29 is 23.8 Å². The van der Waals surface area contributed by atoms with Crippen molar-refractivity contribution in [2.24, 2.45) is 17.8 Å². The molecule has 4 atom stereocenters. The van der Waals surface area contributed by atoms with E-state index in [1.54, 1.807) is 32.4 Å². The molecule has 5 rings (SSSR count). The average Bonchev–Trinajstić information content (AvgIpc) is 2.67. The summed E-state index contributed by atoms with van der Waals surface area (Å²) in [4.78, 5) is 25.3. The number of hydrogen-bond donors (Lipinski definition) is 2. The van der Waals surface area contributed by atoms with Crippen molar-refractivity contribution in [3.8, 4) is 11.5 Å². The molecule has 2 bridgehead atoms. The van der Waals surface area contributed by atoms with Gasteiger partial charge >= 0.3 is 0 Å². The fourth-order valence-electron chi connectivity index (χ4n) is 4.85. The largest absolute Gasteiger partial charge is 0.497 e. The van der Waals surface area contributed by atoms with Gasteiger partial charge in [0, 0.05) is 38.0 Å². The third kappa shape index (κ3) is 3.14. The van der Waals surface area contributed by atoms with Gasteiger partial charge in [-0.15, -0.1) is 0 Å². The molecule has 1 aliphatic heterocycles. The lowest BCUT2D eigenvalue weighted by atomic mass is 9.60. The van der Waals surface area contributed by atoms with E-state index in [1.165, 1.54) is 0 Å². The number of carbonyl (C=O) groups excluding carboxylic acids is 2. The first kappa shape index (κ1) is 18.1. The van der Waals surface area contributed by atoms with E-state index in [-0.39, 0.29) is 29.6 Å². The zero-order valence-electron chi connectivity index (χ0n) is 15.7.